The highest BCUT2D eigenvalue weighted by atomic mass is 16.6. The molecule has 1 rings (SSSR count). The van der Waals surface area contributed by atoms with E-state index in [2.05, 4.69) is 20.7 Å². The Morgan fingerprint density at radius 3 is 2.68 bits per heavy atom. The van der Waals surface area contributed by atoms with E-state index in [1.165, 1.54) is 0 Å². The van der Waals surface area contributed by atoms with Crippen molar-refractivity contribution in [2.24, 2.45) is 5.11 Å². The monoisotopic (exact) mass is 305 g/mol. The summed E-state index contributed by atoms with van der Waals surface area (Å²) in [6.07, 6.45) is -0.421. The molecular formula is C15H23N5O2. The number of nitrogens with zero attached hydrogens (tertiary/aromatic N) is 3. The van der Waals surface area contributed by atoms with Crippen LogP contribution in [0.25, 0.3) is 10.4 Å². The van der Waals surface area contributed by atoms with E-state index in [9.17, 15) is 4.79 Å². The predicted octanol–water partition coefficient (Wildman–Crippen LogP) is 3.55. The van der Waals surface area contributed by atoms with Crippen molar-refractivity contribution in [1.82, 2.24) is 10.6 Å². The van der Waals surface area contributed by atoms with Crippen molar-refractivity contribution in [3.05, 3.63) is 39.8 Å². The average Bonchev–Trinajstić information content (AvgIpc) is 2.36. The molecule has 0 unspecified atom stereocenters. The Hall–Kier alpha value is -2.24. The van der Waals surface area contributed by atoms with Gasteiger partial charge in [-0.25, -0.2) is 4.79 Å². The fraction of sp³-hybridized carbons (Fsp3) is 0.533. The Bertz CT molecular complexity index is 560. The lowest BCUT2D eigenvalue weighted by molar-refractivity contribution is 0.0528. The molecule has 0 fully saturated rings. The Kier molecular flexibility index (Phi) is 6.69. The van der Waals surface area contributed by atoms with Gasteiger partial charge < -0.3 is 15.4 Å². The van der Waals surface area contributed by atoms with Crippen LogP contribution in [0.4, 0.5) is 10.5 Å². The van der Waals surface area contributed by atoms with E-state index in [1.54, 1.807) is 0 Å². The van der Waals surface area contributed by atoms with E-state index >= 15 is 0 Å². The molecule has 0 saturated heterocycles. The van der Waals surface area contributed by atoms with Crippen LogP contribution in [0, 0.1) is 6.92 Å². The van der Waals surface area contributed by atoms with Gasteiger partial charge in [0.2, 0.25) is 0 Å². The van der Waals surface area contributed by atoms with Crippen molar-refractivity contribution >= 4 is 11.8 Å². The van der Waals surface area contributed by atoms with Crippen LogP contribution in [0.3, 0.4) is 0 Å². The van der Waals surface area contributed by atoms with Gasteiger partial charge in [0.05, 0.1) is 0 Å². The second-order valence-electron chi connectivity index (χ2n) is 5.97. The van der Waals surface area contributed by atoms with Crippen molar-refractivity contribution in [3.63, 3.8) is 0 Å². The van der Waals surface area contributed by atoms with Crippen LogP contribution in [-0.2, 0) is 11.3 Å². The zero-order chi connectivity index (χ0) is 16.6. The summed E-state index contributed by atoms with van der Waals surface area (Å²) in [6.45, 7) is 9.14. The molecule has 0 aliphatic heterocycles. The van der Waals surface area contributed by atoms with Crippen LogP contribution in [0.15, 0.2) is 23.3 Å². The molecule has 0 radical (unpaired) electrons. The van der Waals surface area contributed by atoms with E-state index in [4.69, 9.17) is 10.3 Å². The number of hydrogen-bond donors (Lipinski definition) is 2. The Balaban J connectivity index is 2.33. The molecule has 22 heavy (non-hydrogen) atoms. The number of rotatable bonds is 6. The first kappa shape index (κ1) is 17.8. The highest BCUT2D eigenvalue weighted by molar-refractivity contribution is 5.67. The van der Waals surface area contributed by atoms with Crippen LogP contribution in [0.2, 0.25) is 0 Å². The molecule has 7 nitrogen and oxygen atoms in total. The zero-order valence-corrected chi connectivity index (χ0v) is 13.5. The molecular weight excluding hydrogens is 282 g/mol. The quantitative estimate of drug-likeness (QED) is 0.364. The van der Waals surface area contributed by atoms with Crippen LogP contribution in [0.5, 0.6) is 0 Å². The lowest BCUT2D eigenvalue weighted by Gasteiger charge is -2.19. The fourth-order valence-electron chi connectivity index (χ4n) is 1.85. The number of azide groups is 1. The first-order valence-corrected chi connectivity index (χ1v) is 7.13. The largest absolute Gasteiger partial charge is 0.444 e. The minimum atomic E-state index is -0.489. The van der Waals surface area contributed by atoms with Gasteiger partial charge in [-0.1, -0.05) is 16.7 Å². The predicted molar refractivity (Wildman–Crippen MR) is 85.9 cm³/mol. The number of aryl methyl sites for hydroxylation is 1. The third-order valence-electron chi connectivity index (χ3n) is 2.58. The number of benzene rings is 1. The highest BCUT2D eigenvalue weighted by Crippen LogP contribution is 2.17. The summed E-state index contributed by atoms with van der Waals surface area (Å²) < 4.78 is 5.14. The molecule has 0 aliphatic rings. The Morgan fingerprint density at radius 1 is 1.32 bits per heavy atom. The van der Waals surface area contributed by atoms with Crippen molar-refractivity contribution in [3.8, 4) is 0 Å². The SMILES string of the molecule is Cc1cc(CNCCNC(=O)OC(C)(C)C)cc(N=[N+]=[N-])c1. The summed E-state index contributed by atoms with van der Waals surface area (Å²) in [4.78, 5) is 14.2. The molecule has 7 heteroatoms. The van der Waals surface area contributed by atoms with Crippen molar-refractivity contribution in [2.75, 3.05) is 13.1 Å². The van der Waals surface area contributed by atoms with Gasteiger partial charge in [0.1, 0.15) is 5.60 Å². The molecule has 120 valence electrons. The lowest BCUT2D eigenvalue weighted by atomic mass is 10.1. The second-order valence-corrected chi connectivity index (χ2v) is 5.97. The lowest BCUT2D eigenvalue weighted by Crippen LogP contribution is -2.36. The van der Waals surface area contributed by atoms with Gasteiger partial charge >= 0.3 is 6.09 Å². The number of ether oxygens (including phenoxy) is 1. The summed E-state index contributed by atoms with van der Waals surface area (Å²) in [7, 11) is 0. The van der Waals surface area contributed by atoms with Gasteiger partial charge in [-0.3, -0.25) is 0 Å². The van der Waals surface area contributed by atoms with E-state index in [1.807, 2.05) is 45.9 Å². The summed E-state index contributed by atoms with van der Waals surface area (Å²) >= 11 is 0. The van der Waals surface area contributed by atoms with Gasteiger partial charge in [-0.15, -0.1) is 0 Å². The van der Waals surface area contributed by atoms with Crippen LogP contribution in [-0.4, -0.2) is 24.8 Å². The maximum Gasteiger partial charge on any atom is 0.407 e. The first-order valence-electron chi connectivity index (χ1n) is 7.13. The van der Waals surface area contributed by atoms with Gasteiger partial charge in [0.25, 0.3) is 0 Å². The summed E-state index contributed by atoms with van der Waals surface area (Å²) in [5, 5.41) is 9.50. The minimum absolute atomic E-state index is 0.421. The molecule has 1 aromatic carbocycles. The maximum absolute atomic E-state index is 11.4. The molecule has 1 aromatic rings. The minimum Gasteiger partial charge on any atom is -0.444 e. The number of carbonyl (C=O) groups is 1. The first-order chi connectivity index (χ1) is 10.3. The third-order valence-corrected chi connectivity index (χ3v) is 2.58. The van der Waals surface area contributed by atoms with Crippen LogP contribution >= 0.6 is 0 Å². The van der Waals surface area contributed by atoms with Crippen LogP contribution < -0.4 is 10.6 Å². The topological polar surface area (TPSA) is 99.1 Å². The van der Waals surface area contributed by atoms with Crippen molar-refractivity contribution in [2.45, 2.75) is 39.8 Å². The summed E-state index contributed by atoms with van der Waals surface area (Å²) in [5.41, 5.74) is 10.6. The van der Waals surface area contributed by atoms with Gasteiger partial charge in [0.15, 0.2) is 0 Å². The number of alkyl carbamates (subject to hydrolysis) is 1. The van der Waals surface area contributed by atoms with E-state index in [0.29, 0.717) is 25.3 Å². The summed E-state index contributed by atoms with van der Waals surface area (Å²) in [5.74, 6) is 0. The van der Waals surface area contributed by atoms with Crippen molar-refractivity contribution < 1.29 is 9.53 Å². The molecule has 0 spiro atoms. The second kappa shape index (κ2) is 8.26. The zero-order valence-electron chi connectivity index (χ0n) is 13.5. The Morgan fingerprint density at radius 2 is 2.05 bits per heavy atom. The molecule has 0 heterocycles. The molecule has 0 saturated carbocycles. The fourth-order valence-corrected chi connectivity index (χ4v) is 1.85. The van der Waals surface area contributed by atoms with Gasteiger partial charge in [-0.05, 0) is 50.9 Å². The van der Waals surface area contributed by atoms with E-state index in [-0.39, 0.29) is 0 Å². The molecule has 0 aromatic heterocycles. The molecule has 2 N–H and O–H groups in total. The molecule has 0 bridgehead atoms. The number of nitrogens with one attached hydrogen (secondary N) is 2. The average molecular weight is 305 g/mol. The van der Waals surface area contributed by atoms with Crippen molar-refractivity contribution in [1.29, 1.82) is 0 Å². The third kappa shape index (κ3) is 7.52. The van der Waals surface area contributed by atoms with Gasteiger partial charge in [0, 0.05) is 30.2 Å². The molecule has 1 amide bonds. The molecule has 0 atom stereocenters. The highest BCUT2D eigenvalue weighted by Gasteiger charge is 2.15. The number of carbonyl (C=O) groups excluding carboxylic acids is 1. The van der Waals surface area contributed by atoms with E-state index < -0.39 is 11.7 Å². The standard InChI is InChI=1S/C15H23N5O2/c1-11-7-12(9-13(8-11)19-20-16)10-17-5-6-18-14(21)22-15(2,3)4/h7-9,17H,5-6,10H2,1-4H3,(H,18,21). The summed E-state index contributed by atoms with van der Waals surface area (Å²) in [6, 6.07) is 5.68. The van der Waals surface area contributed by atoms with Crippen LogP contribution in [0.1, 0.15) is 31.9 Å². The smallest absolute Gasteiger partial charge is 0.407 e. The normalized spacial score (nSPS) is 10.7. The number of hydrogen-bond acceptors (Lipinski definition) is 4. The van der Waals surface area contributed by atoms with E-state index in [0.717, 1.165) is 11.1 Å². The van der Waals surface area contributed by atoms with Gasteiger partial charge in [-0.2, -0.15) is 0 Å². The Labute approximate surface area is 130 Å². The molecule has 0 aliphatic carbocycles. The maximum atomic E-state index is 11.4. The number of amides is 1.